The molecular weight excluding hydrogens is 311 g/mol. The van der Waals surface area contributed by atoms with Crippen LogP contribution in [0.1, 0.15) is 40.5 Å². The van der Waals surface area contributed by atoms with Crippen LogP contribution in [0.4, 0.5) is 5.69 Å². The average molecular weight is 333 g/mol. The molecule has 0 unspecified atom stereocenters. The van der Waals surface area contributed by atoms with E-state index < -0.39 is 10.0 Å². The van der Waals surface area contributed by atoms with Crippen molar-refractivity contribution >= 4 is 21.5 Å². The fraction of sp³-hybridized carbons (Fsp3) is 0.500. The van der Waals surface area contributed by atoms with E-state index in [1.807, 2.05) is 44.7 Å². The molecule has 20 heavy (non-hydrogen) atoms. The molecule has 2 aliphatic heterocycles. The van der Waals surface area contributed by atoms with Gasteiger partial charge in [0.2, 0.25) is 0 Å². The first kappa shape index (κ1) is 19.2. The molecular formula is C14H22N2O2SV. The van der Waals surface area contributed by atoms with Crippen molar-refractivity contribution in [3.05, 3.63) is 24.3 Å². The first-order valence-electron chi connectivity index (χ1n) is 6.89. The Kier molecular flexibility index (Phi) is 8.17. The molecule has 0 N–H and O–H groups in total. The molecule has 0 aliphatic carbocycles. The number of fused-ring (bicyclic) bond motifs is 3. The van der Waals surface area contributed by atoms with Crippen molar-refractivity contribution in [2.45, 2.75) is 45.4 Å². The Hall–Kier alpha value is -0.776. The number of rotatable bonds is 0. The Morgan fingerprint density at radius 2 is 1.70 bits per heavy atom. The van der Waals surface area contributed by atoms with E-state index in [-0.39, 0.29) is 18.6 Å². The third kappa shape index (κ3) is 3.65. The molecule has 2 aliphatic rings. The Bertz CT molecular complexity index is 556. The smallest absolute Gasteiger partial charge is 0.286 e. The van der Waals surface area contributed by atoms with Crippen molar-refractivity contribution in [2.24, 2.45) is 4.40 Å². The summed E-state index contributed by atoms with van der Waals surface area (Å²) in [6, 6.07) is 7.04. The maximum atomic E-state index is 11.8. The summed E-state index contributed by atoms with van der Waals surface area (Å²) in [4.78, 5) is 2.33. The van der Waals surface area contributed by atoms with Crippen LogP contribution in [0.5, 0.6) is 0 Å². The molecule has 0 amide bonds. The minimum absolute atomic E-state index is 0. The molecule has 0 bridgehead atoms. The van der Waals surface area contributed by atoms with Gasteiger partial charge in [-0.05, 0) is 18.6 Å². The van der Waals surface area contributed by atoms with Gasteiger partial charge in [0.25, 0.3) is 10.0 Å². The summed E-state index contributed by atoms with van der Waals surface area (Å²) in [5, 5.41) is 0. The van der Waals surface area contributed by atoms with E-state index >= 15 is 0 Å². The predicted molar refractivity (Wildman–Crippen MR) is 80.3 cm³/mol. The van der Waals surface area contributed by atoms with Crippen LogP contribution >= 0.6 is 0 Å². The van der Waals surface area contributed by atoms with Crippen molar-refractivity contribution in [1.29, 1.82) is 0 Å². The molecule has 0 saturated carbocycles. The Labute approximate surface area is 134 Å². The molecule has 1 fully saturated rings. The summed E-state index contributed by atoms with van der Waals surface area (Å²) < 4.78 is 27.4. The van der Waals surface area contributed by atoms with E-state index in [1.165, 1.54) is 0 Å². The molecule has 0 aromatic heterocycles. The molecule has 1 radical (unpaired) electrons. The molecule has 111 valence electrons. The van der Waals surface area contributed by atoms with Crippen LogP contribution in [0.15, 0.2) is 33.6 Å². The van der Waals surface area contributed by atoms with Gasteiger partial charge in [0.15, 0.2) is 0 Å². The standard InChI is InChI=1S/C10H10N2O2S.2C2H6.V/c13-15(14)9-5-2-1-4-8(9)12-7-3-6-10(12)11-15;2*1-2;/h1-2,4-5H,3,6-7H2;2*1-2H3;. The summed E-state index contributed by atoms with van der Waals surface area (Å²) >= 11 is 0. The second-order valence-electron chi connectivity index (χ2n) is 3.71. The van der Waals surface area contributed by atoms with Gasteiger partial charge in [-0.3, -0.25) is 0 Å². The maximum Gasteiger partial charge on any atom is 0.286 e. The molecule has 3 rings (SSSR count). The van der Waals surface area contributed by atoms with Gasteiger partial charge in [-0.1, -0.05) is 39.8 Å². The SMILES string of the molecule is CC.CC.O=S1(=O)N=C2CCCN2c2ccccc21.[V]. The summed E-state index contributed by atoms with van der Waals surface area (Å²) in [6.07, 6.45) is 1.73. The number of anilines is 1. The Morgan fingerprint density at radius 1 is 1.10 bits per heavy atom. The number of benzene rings is 1. The molecule has 1 aromatic rings. The third-order valence-corrected chi connectivity index (χ3v) is 4.11. The van der Waals surface area contributed by atoms with Gasteiger partial charge in [0.1, 0.15) is 10.7 Å². The van der Waals surface area contributed by atoms with Gasteiger partial charge in [0, 0.05) is 31.5 Å². The van der Waals surface area contributed by atoms with E-state index in [0.717, 1.165) is 25.1 Å². The Morgan fingerprint density at radius 3 is 2.35 bits per heavy atom. The fourth-order valence-corrected chi connectivity index (χ4v) is 3.36. The van der Waals surface area contributed by atoms with Crippen molar-refractivity contribution < 1.29 is 27.0 Å². The van der Waals surface area contributed by atoms with E-state index in [2.05, 4.69) is 4.40 Å². The minimum atomic E-state index is -3.45. The summed E-state index contributed by atoms with van der Waals surface area (Å²) in [7, 11) is -3.45. The normalized spacial score (nSPS) is 17.0. The zero-order valence-corrected chi connectivity index (χ0v) is 14.7. The van der Waals surface area contributed by atoms with Crippen LogP contribution in [0.3, 0.4) is 0 Å². The monoisotopic (exact) mass is 333 g/mol. The summed E-state index contributed by atoms with van der Waals surface area (Å²) in [5.41, 5.74) is 0.778. The van der Waals surface area contributed by atoms with Crippen molar-refractivity contribution in [1.82, 2.24) is 0 Å². The number of sulfonamides is 1. The van der Waals surface area contributed by atoms with Gasteiger partial charge in [-0.25, -0.2) is 0 Å². The van der Waals surface area contributed by atoms with Crippen molar-refractivity contribution in [3.8, 4) is 0 Å². The second kappa shape index (κ2) is 8.50. The van der Waals surface area contributed by atoms with Gasteiger partial charge in [-0.2, -0.15) is 8.42 Å². The first-order valence-corrected chi connectivity index (χ1v) is 8.33. The first-order chi connectivity index (χ1) is 9.18. The van der Waals surface area contributed by atoms with E-state index in [1.54, 1.807) is 12.1 Å². The summed E-state index contributed by atoms with van der Waals surface area (Å²) in [5.74, 6) is 0.689. The number of nitrogens with zero attached hydrogens (tertiary/aromatic N) is 2. The van der Waals surface area contributed by atoms with Crippen LogP contribution < -0.4 is 4.90 Å². The van der Waals surface area contributed by atoms with Crippen LogP contribution in [0.25, 0.3) is 0 Å². The molecule has 4 nitrogen and oxygen atoms in total. The van der Waals surface area contributed by atoms with Gasteiger partial charge >= 0.3 is 0 Å². The van der Waals surface area contributed by atoms with Gasteiger partial charge in [-0.15, -0.1) is 4.40 Å². The minimum Gasteiger partial charge on any atom is -0.328 e. The maximum absolute atomic E-state index is 11.8. The molecule has 1 saturated heterocycles. The molecule has 1 aromatic carbocycles. The van der Waals surface area contributed by atoms with Crippen molar-refractivity contribution in [2.75, 3.05) is 11.4 Å². The van der Waals surface area contributed by atoms with Crippen LogP contribution in [0.2, 0.25) is 0 Å². The zero-order chi connectivity index (χ0) is 14.5. The van der Waals surface area contributed by atoms with E-state index in [0.29, 0.717) is 10.7 Å². The topological polar surface area (TPSA) is 49.7 Å². The quantitative estimate of drug-likeness (QED) is 0.731. The van der Waals surface area contributed by atoms with Crippen LogP contribution in [0, 0.1) is 0 Å². The van der Waals surface area contributed by atoms with Crippen LogP contribution in [-0.4, -0.2) is 20.8 Å². The fourth-order valence-electron chi connectivity index (χ4n) is 2.10. The average Bonchev–Trinajstić information content (AvgIpc) is 2.91. The Balaban J connectivity index is 0.000000667. The van der Waals surface area contributed by atoms with E-state index in [4.69, 9.17) is 0 Å². The number of hydrogen-bond donors (Lipinski definition) is 0. The number of amidine groups is 1. The zero-order valence-electron chi connectivity index (χ0n) is 12.5. The number of hydrogen-bond acceptors (Lipinski definition) is 3. The van der Waals surface area contributed by atoms with E-state index in [9.17, 15) is 8.42 Å². The number of para-hydroxylation sites is 1. The molecule has 0 spiro atoms. The largest absolute Gasteiger partial charge is 0.328 e. The van der Waals surface area contributed by atoms with Crippen LogP contribution in [-0.2, 0) is 28.6 Å². The second-order valence-corrected chi connectivity index (χ2v) is 5.28. The summed E-state index contributed by atoms with van der Waals surface area (Å²) in [6.45, 7) is 8.87. The molecule has 0 atom stereocenters. The van der Waals surface area contributed by atoms with Crippen molar-refractivity contribution in [3.63, 3.8) is 0 Å². The molecule has 2 heterocycles. The predicted octanol–water partition coefficient (Wildman–Crippen LogP) is 3.44. The van der Waals surface area contributed by atoms with Gasteiger partial charge < -0.3 is 4.90 Å². The van der Waals surface area contributed by atoms with Gasteiger partial charge in [0.05, 0.1) is 5.69 Å². The molecule has 6 heteroatoms. The third-order valence-electron chi connectivity index (χ3n) is 2.75.